The Balaban J connectivity index is 2.18. The number of aromatic hydroxyl groups is 1. The first-order chi connectivity index (χ1) is 12.0. The summed E-state index contributed by atoms with van der Waals surface area (Å²) in [5.41, 5.74) is 1.53. The molecule has 1 atom stereocenters. The van der Waals surface area contributed by atoms with Crippen molar-refractivity contribution in [3.05, 3.63) is 65.2 Å². The van der Waals surface area contributed by atoms with Crippen LogP contribution in [-0.4, -0.2) is 17.6 Å². The molecule has 0 aromatic heterocycles. The van der Waals surface area contributed by atoms with Gasteiger partial charge in [-0.05, 0) is 43.2 Å². The fraction of sp³-hybridized carbons (Fsp3) is 0.200. The van der Waals surface area contributed by atoms with Crippen LogP contribution in [0.4, 0.5) is 0 Å². The van der Waals surface area contributed by atoms with E-state index in [1.54, 1.807) is 19.1 Å². The molecular formula is C20H20N2O3. The van der Waals surface area contributed by atoms with E-state index in [4.69, 9.17) is 4.74 Å². The SMILES string of the molecule is CCOc1cc(/C=C(/C#N)C(=O)N[C@@H](C)c2ccccc2)ccc1O. The molecule has 2 N–H and O–H groups in total. The molecule has 0 spiro atoms. The number of nitriles is 1. The Morgan fingerprint density at radius 2 is 2.04 bits per heavy atom. The second kappa shape index (κ2) is 8.55. The highest BCUT2D eigenvalue weighted by atomic mass is 16.5. The number of ether oxygens (including phenoxy) is 1. The summed E-state index contributed by atoms with van der Waals surface area (Å²) in [6.45, 7) is 4.07. The van der Waals surface area contributed by atoms with Crippen molar-refractivity contribution in [2.45, 2.75) is 19.9 Å². The molecule has 128 valence electrons. The van der Waals surface area contributed by atoms with Gasteiger partial charge in [-0.15, -0.1) is 0 Å². The van der Waals surface area contributed by atoms with Crippen LogP contribution in [0.2, 0.25) is 0 Å². The van der Waals surface area contributed by atoms with Gasteiger partial charge in [0.15, 0.2) is 11.5 Å². The maximum atomic E-state index is 12.4. The first kappa shape index (κ1) is 18.1. The number of nitrogens with zero attached hydrogens (tertiary/aromatic N) is 1. The third kappa shape index (κ3) is 4.85. The van der Waals surface area contributed by atoms with Gasteiger partial charge in [0.2, 0.25) is 0 Å². The van der Waals surface area contributed by atoms with Crippen LogP contribution in [0.5, 0.6) is 11.5 Å². The lowest BCUT2D eigenvalue weighted by Crippen LogP contribution is -2.27. The molecule has 5 nitrogen and oxygen atoms in total. The van der Waals surface area contributed by atoms with Gasteiger partial charge >= 0.3 is 0 Å². The van der Waals surface area contributed by atoms with E-state index in [0.717, 1.165) is 5.56 Å². The molecule has 0 fully saturated rings. The van der Waals surface area contributed by atoms with Gasteiger partial charge in [0.05, 0.1) is 12.6 Å². The normalized spacial score (nSPS) is 12.1. The molecule has 0 saturated carbocycles. The fourth-order valence-corrected chi connectivity index (χ4v) is 2.31. The summed E-state index contributed by atoms with van der Waals surface area (Å²) >= 11 is 0. The number of carbonyl (C=O) groups excluding carboxylic acids is 1. The van der Waals surface area contributed by atoms with E-state index in [1.807, 2.05) is 43.3 Å². The van der Waals surface area contributed by atoms with Crippen LogP contribution in [0.1, 0.15) is 31.0 Å². The first-order valence-electron chi connectivity index (χ1n) is 7.98. The van der Waals surface area contributed by atoms with Crippen LogP contribution >= 0.6 is 0 Å². The number of hydrogen-bond acceptors (Lipinski definition) is 4. The van der Waals surface area contributed by atoms with Crippen LogP contribution < -0.4 is 10.1 Å². The van der Waals surface area contributed by atoms with E-state index in [1.165, 1.54) is 12.1 Å². The number of rotatable bonds is 6. The highest BCUT2D eigenvalue weighted by Gasteiger charge is 2.14. The summed E-state index contributed by atoms with van der Waals surface area (Å²) in [6, 6.07) is 15.9. The zero-order valence-electron chi connectivity index (χ0n) is 14.2. The maximum absolute atomic E-state index is 12.4. The highest BCUT2D eigenvalue weighted by molar-refractivity contribution is 6.01. The Bertz CT molecular complexity index is 807. The van der Waals surface area contributed by atoms with Gasteiger partial charge in [0.1, 0.15) is 11.6 Å². The Hall–Kier alpha value is -3.26. The molecule has 0 saturated heterocycles. The number of carbonyl (C=O) groups is 1. The maximum Gasteiger partial charge on any atom is 0.262 e. The van der Waals surface area contributed by atoms with E-state index < -0.39 is 5.91 Å². The molecule has 0 aliphatic heterocycles. The zero-order chi connectivity index (χ0) is 18.2. The Kier molecular flexibility index (Phi) is 6.19. The number of hydrogen-bond donors (Lipinski definition) is 2. The summed E-state index contributed by atoms with van der Waals surface area (Å²) in [4.78, 5) is 12.4. The van der Waals surface area contributed by atoms with Crippen LogP contribution in [0.25, 0.3) is 6.08 Å². The standard InChI is InChI=1S/C20H20N2O3/c1-3-25-19-12-15(9-10-18(19)23)11-17(13-21)20(24)22-14(2)16-7-5-4-6-8-16/h4-12,14,23H,3H2,1-2H3,(H,22,24)/b17-11-/t14-/m0/s1. The lowest BCUT2D eigenvalue weighted by molar-refractivity contribution is -0.117. The van der Waals surface area contributed by atoms with Crippen LogP contribution in [-0.2, 0) is 4.79 Å². The van der Waals surface area contributed by atoms with Crippen molar-refractivity contribution in [2.24, 2.45) is 0 Å². The van der Waals surface area contributed by atoms with Gasteiger partial charge in [0, 0.05) is 0 Å². The Morgan fingerprint density at radius 1 is 1.32 bits per heavy atom. The summed E-state index contributed by atoms with van der Waals surface area (Å²) < 4.78 is 5.31. The first-order valence-corrected chi connectivity index (χ1v) is 7.98. The van der Waals surface area contributed by atoms with Crippen LogP contribution in [0.15, 0.2) is 54.1 Å². The quantitative estimate of drug-likeness (QED) is 0.624. The van der Waals surface area contributed by atoms with Crippen molar-refractivity contribution in [2.75, 3.05) is 6.61 Å². The minimum atomic E-state index is -0.454. The summed E-state index contributed by atoms with van der Waals surface area (Å²) in [5, 5.41) is 21.8. The van der Waals surface area contributed by atoms with E-state index in [2.05, 4.69) is 5.32 Å². The van der Waals surface area contributed by atoms with Crippen LogP contribution in [0, 0.1) is 11.3 Å². The number of benzene rings is 2. The molecule has 2 rings (SSSR count). The molecule has 25 heavy (non-hydrogen) atoms. The van der Waals surface area contributed by atoms with Crippen molar-refractivity contribution >= 4 is 12.0 Å². The van der Waals surface area contributed by atoms with Gasteiger partial charge < -0.3 is 15.2 Å². The second-order valence-electron chi connectivity index (χ2n) is 5.44. The van der Waals surface area contributed by atoms with E-state index >= 15 is 0 Å². The largest absolute Gasteiger partial charge is 0.504 e. The molecule has 0 bridgehead atoms. The van der Waals surface area contributed by atoms with Crippen molar-refractivity contribution in [3.8, 4) is 17.6 Å². The molecule has 2 aromatic carbocycles. The topological polar surface area (TPSA) is 82.3 Å². The molecule has 0 radical (unpaired) electrons. The third-order valence-electron chi connectivity index (χ3n) is 3.61. The fourth-order valence-electron chi connectivity index (χ4n) is 2.31. The van der Waals surface area contributed by atoms with Crippen molar-refractivity contribution in [1.29, 1.82) is 5.26 Å². The molecule has 1 amide bonds. The Morgan fingerprint density at radius 3 is 2.68 bits per heavy atom. The van der Waals surface area contributed by atoms with Gasteiger partial charge in [-0.2, -0.15) is 5.26 Å². The molecular weight excluding hydrogens is 316 g/mol. The predicted molar refractivity (Wildman–Crippen MR) is 95.9 cm³/mol. The van der Waals surface area contributed by atoms with Crippen molar-refractivity contribution in [3.63, 3.8) is 0 Å². The van der Waals surface area contributed by atoms with Gasteiger partial charge in [-0.1, -0.05) is 36.4 Å². The minimum absolute atomic E-state index is 0.0136. The smallest absolute Gasteiger partial charge is 0.262 e. The van der Waals surface area contributed by atoms with Gasteiger partial charge in [-0.3, -0.25) is 4.79 Å². The molecule has 5 heteroatoms. The lowest BCUT2D eigenvalue weighted by atomic mass is 10.1. The number of amides is 1. The lowest BCUT2D eigenvalue weighted by Gasteiger charge is -2.13. The van der Waals surface area contributed by atoms with Crippen molar-refractivity contribution in [1.82, 2.24) is 5.32 Å². The van der Waals surface area contributed by atoms with Gasteiger partial charge in [0.25, 0.3) is 5.91 Å². The number of phenols is 1. The molecule has 0 unspecified atom stereocenters. The highest BCUT2D eigenvalue weighted by Crippen LogP contribution is 2.27. The third-order valence-corrected chi connectivity index (χ3v) is 3.61. The second-order valence-corrected chi connectivity index (χ2v) is 5.44. The average molecular weight is 336 g/mol. The summed E-state index contributed by atoms with van der Waals surface area (Å²) in [7, 11) is 0. The Labute approximate surface area is 147 Å². The zero-order valence-corrected chi connectivity index (χ0v) is 14.2. The summed E-state index contributed by atoms with van der Waals surface area (Å²) in [5.74, 6) is -0.129. The van der Waals surface area contributed by atoms with E-state index in [9.17, 15) is 15.2 Å². The molecule has 0 aliphatic rings. The summed E-state index contributed by atoms with van der Waals surface area (Å²) in [6.07, 6.45) is 1.47. The predicted octanol–water partition coefficient (Wildman–Crippen LogP) is 3.58. The number of phenolic OH excluding ortho intramolecular Hbond substituents is 1. The average Bonchev–Trinajstić information content (AvgIpc) is 2.63. The molecule has 0 aliphatic carbocycles. The van der Waals surface area contributed by atoms with Gasteiger partial charge in [-0.25, -0.2) is 0 Å². The minimum Gasteiger partial charge on any atom is -0.504 e. The molecule has 2 aromatic rings. The van der Waals surface area contributed by atoms with E-state index in [-0.39, 0.29) is 17.4 Å². The van der Waals surface area contributed by atoms with Crippen molar-refractivity contribution < 1.29 is 14.6 Å². The number of nitrogens with one attached hydrogen (secondary N) is 1. The van der Waals surface area contributed by atoms with E-state index in [0.29, 0.717) is 17.9 Å². The monoisotopic (exact) mass is 336 g/mol. The van der Waals surface area contributed by atoms with Crippen LogP contribution in [0.3, 0.4) is 0 Å². The molecule has 0 heterocycles.